The van der Waals surface area contributed by atoms with Crippen LogP contribution >= 0.6 is 0 Å². The lowest BCUT2D eigenvalue weighted by atomic mass is 10.3. The molecule has 0 amide bonds. The minimum Gasteiger partial charge on any atom is -0.480 e. The van der Waals surface area contributed by atoms with E-state index in [9.17, 15) is 18.0 Å². The summed E-state index contributed by atoms with van der Waals surface area (Å²) < 4.78 is 39.1. The van der Waals surface area contributed by atoms with Gasteiger partial charge in [0.1, 0.15) is 0 Å². The second-order valence-electron chi connectivity index (χ2n) is 5.38. The minimum absolute atomic E-state index is 0.120. The number of carboxylic acid groups (broad SMARTS) is 1. The fraction of sp³-hybridized carbons (Fsp3) is 0.692. The normalized spacial score (nSPS) is 16.8. The Hall–Kier alpha value is -1.57. The highest BCUT2D eigenvalue weighted by atomic mass is 19.4. The molecule has 0 radical (unpaired) electrons. The van der Waals surface area contributed by atoms with Crippen molar-refractivity contribution in [1.82, 2.24) is 14.7 Å². The molecule has 21 heavy (non-hydrogen) atoms. The van der Waals surface area contributed by atoms with Gasteiger partial charge in [0.2, 0.25) is 0 Å². The number of aliphatic carboxylic acids is 1. The Morgan fingerprint density at radius 1 is 1.43 bits per heavy atom. The van der Waals surface area contributed by atoms with Gasteiger partial charge >= 0.3 is 12.1 Å². The summed E-state index contributed by atoms with van der Waals surface area (Å²) in [5.41, 5.74) is 0.465. The molecule has 1 N–H and O–H groups in total. The van der Waals surface area contributed by atoms with Crippen molar-refractivity contribution in [1.29, 1.82) is 0 Å². The van der Waals surface area contributed by atoms with E-state index < -0.39 is 25.2 Å². The predicted molar refractivity (Wildman–Crippen MR) is 68.7 cm³/mol. The van der Waals surface area contributed by atoms with Crippen LogP contribution < -0.4 is 0 Å². The number of hydrogen-bond donors (Lipinski definition) is 1. The third kappa shape index (κ3) is 5.04. The van der Waals surface area contributed by atoms with Crippen molar-refractivity contribution >= 4 is 5.97 Å². The van der Waals surface area contributed by atoms with Crippen molar-refractivity contribution in [2.24, 2.45) is 0 Å². The van der Waals surface area contributed by atoms with E-state index >= 15 is 0 Å². The van der Waals surface area contributed by atoms with Crippen molar-refractivity contribution in [2.75, 3.05) is 13.1 Å². The van der Waals surface area contributed by atoms with Gasteiger partial charge in [0, 0.05) is 12.7 Å². The lowest BCUT2D eigenvalue weighted by Gasteiger charge is -2.20. The molecule has 1 aliphatic rings. The molecular formula is C13H18F3N3O2. The standard InChI is InChI=1S/C13H18F3N3O2/c14-13(15,16)9-18(8-12(20)21)7-10-5-6-19(17-10)11-3-1-2-4-11/h5-6,11H,1-4,7-9H2,(H,20,21). The van der Waals surface area contributed by atoms with E-state index in [0.29, 0.717) is 11.7 Å². The maximum Gasteiger partial charge on any atom is 0.401 e. The van der Waals surface area contributed by atoms with Crippen LogP contribution in [0.4, 0.5) is 13.2 Å². The predicted octanol–water partition coefficient (Wildman–Crippen LogP) is 2.45. The van der Waals surface area contributed by atoms with Gasteiger partial charge < -0.3 is 5.11 Å². The first-order valence-electron chi connectivity index (χ1n) is 6.88. The molecule has 2 rings (SSSR count). The number of aromatic nitrogens is 2. The van der Waals surface area contributed by atoms with E-state index in [-0.39, 0.29) is 6.54 Å². The fourth-order valence-corrected chi connectivity index (χ4v) is 2.68. The number of hydrogen-bond acceptors (Lipinski definition) is 3. The molecule has 0 atom stereocenters. The SMILES string of the molecule is O=C(O)CN(Cc1ccn(C2CCCC2)n1)CC(F)(F)F. The van der Waals surface area contributed by atoms with E-state index in [2.05, 4.69) is 5.10 Å². The molecule has 1 fully saturated rings. The summed E-state index contributed by atoms with van der Waals surface area (Å²) in [7, 11) is 0. The molecule has 1 aromatic heterocycles. The minimum atomic E-state index is -4.43. The molecule has 0 bridgehead atoms. The third-order valence-electron chi connectivity index (χ3n) is 3.51. The summed E-state index contributed by atoms with van der Waals surface area (Å²) in [6.07, 6.45) is 1.67. The van der Waals surface area contributed by atoms with Crippen molar-refractivity contribution in [3.05, 3.63) is 18.0 Å². The highest BCUT2D eigenvalue weighted by Gasteiger charge is 2.32. The van der Waals surface area contributed by atoms with Gasteiger partial charge in [-0.25, -0.2) is 0 Å². The van der Waals surface area contributed by atoms with Crippen molar-refractivity contribution in [3.8, 4) is 0 Å². The van der Waals surface area contributed by atoms with Gasteiger partial charge in [0.15, 0.2) is 0 Å². The molecule has 1 aromatic rings. The van der Waals surface area contributed by atoms with Gasteiger partial charge in [-0.15, -0.1) is 0 Å². The topological polar surface area (TPSA) is 58.4 Å². The Labute approximate surface area is 120 Å². The first-order valence-corrected chi connectivity index (χ1v) is 6.88. The highest BCUT2D eigenvalue weighted by Crippen LogP contribution is 2.28. The molecule has 0 unspecified atom stereocenters. The fourth-order valence-electron chi connectivity index (χ4n) is 2.68. The van der Waals surface area contributed by atoms with E-state index in [1.807, 2.05) is 0 Å². The maximum absolute atomic E-state index is 12.4. The molecule has 8 heteroatoms. The summed E-state index contributed by atoms with van der Waals surface area (Å²) in [6, 6.07) is 1.97. The largest absolute Gasteiger partial charge is 0.480 e. The maximum atomic E-state index is 12.4. The van der Waals surface area contributed by atoms with Gasteiger partial charge in [-0.1, -0.05) is 12.8 Å². The lowest BCUT2D eigenvalue weighted by molar-refractivity contribution is -0.155. The molecule has 0 aliphatic heterocycles. The molecule has 118 valence electrons. The second kappa shape index (κ2) is 6.46. The molecule has 1 aliphatic carbocycles. The van der Waals surface area contributed by atoms with Crippen LogP contribution in [-0.2, 0) is 11.3 Å². The zero-order valence-corrected chi connectivity index (χ0v) is 11.5. The molecule has 0 saturated heterocycles. The van der Waals surface area contributed by atoms with Crippen LogP contribution in [0.1, 0.15) is 37.4 Å². The van der Waals surface area contributed by atoms with E-state index in [1.165, 1.54) is 0 Å². The Morgan fingerprint density at radius 3 is 2.67 bits per heavy atom. The Morgan fingerprint density at radius 2 is 2.10 bits per heavy atom. The summed E-state index contributed by atoms with van der Waals surface area (Å²) in [6.45, 7) is -2.03. The van der Waals surface area contributed by atoms with Crippen LogP contribution in [0.15, 0.2) is 12.3 Å². The number of carboxylic acids is 1. The summed E-state index contributed by atoms with van der Waals surface area (Å²) in [5.74, 6) is -1.28. The smallest absolute Gasteiger partial charge is 0.401 e. The highest BCUT2D eigenvalue weighted by molar-refractivity contribution is 5.69. The molecule has 0 aromatic carbocycles. The van der Waals surface area contributed by atoms with Crippen LogP contribution in [0, 0.1) is 0 Å². The molecule has 1 saturated carbocycles. The van der Waals surface area contributed by atoms with E-state index in [1.54, 1.807) is 16.9 Å². The lowest BCUT2D eigenvalue weighted by Crippen LogP contribution is -2.37. The Balaban J connectivity index is 2.00. The summed E-state index contributed by atoms with van der Waals surface area (Å²) in [4.78, 5) is 11.5. The average molecular weight is 305 g/mol. The summed E-state index contributed by atoms with van der Waals surface area (Å²) >= 11 is 0. The van der Waals surface area contributed by atoms with Gasteiger partial charge in [-0.2, -0.15) is 18.3 Å². The van der Waals surface area contributed by atoms with Crippen LogP contribution in [0.3, 0.4) is 0 Å². The second-order valence-corrected chi connectivity index (χ2v) is 5.38. The summed E-state index contributed by atoms with van der Waals surface area (Å²) in [5, 5.41) is 13.0. The van der Waals surface area contributed by atoms with Gasteiger partial charge in [-0.3, -0.25) is 14.4 Å². The van der Waals surface area contributed by atoms with Crippen molar-refractivity contribution in [2.45, 2.75) is 44.4 Å². The Kier molecular flexibility index (Phi) is 4.87. The number of nitrogens with zero attached hydrogens (tertiary/aromatic N) is 3. The van der Waals surface area contributed by atoms with Crippen LogP contribution in [0.5, 0.6) is 0 Å². The first-order chi connectivity index (χ1) is 9.83. The average Bonchev–Trinajstić information content (AvgIpc) is 2.94. The van der Waals surface area contributed by atoms with Crippen LogP contribution in [0.2, 0.25) is 0 Å². The van der Waals surface area contributed by atoms with Crippen molar-refractivity contribution < 1.29 is 23.1 Å². The quantitative estimate of drug-likeness (QED) is 0.877. The zero-order chi connectivity index (χ0) is 15.5. The van der Waals surface area contributed by atoms with Gasteiger partial charge in [-0.05, 0) is 18.9 Å². The number of rotatable bonds is 6. The third-order valence-corrected chi connectivity index (χ3v) is 3.51. The van der Waals surface area contributed by atoms with Crippen LogP contribution in [-0.4, -0.2) is 45.0 Å². The van der Waals surface area contributed by atoms with Gasteiger partial charge in [0.05, 0.1) is 24.8 Å². The Bertz CT molecular complexity index is 481. The molecule has 0 spiro atoms. The number of carbonyl (C=O) groups is 1. The monoisotopic (exact) mass is 305 g/mol. The first kappa shape index (κ1) is 15.8. The molecular weight excluding hydrogens is 287 g/mol. The van der Waals surface area contributed by atoms with Crippen molar-refractivity contribution in [3.63, 3.8) is 0 Å². The number of alkyl halides is 3. The number of halogens is 3. The van der Waals surface area contributed by atoms with Gasteiger partial charge in [0.25, 0.3) is 0 Å². The molecule has 1 heterocycles. The molecule has 5 nitrogen and oxygen atoms in total. The van der Waals surface area contributed by atoms with E-state index in [0.717, 1.165) is 30.6 Å². The van der Waals surface area contributed by atoms with E-state index in [4.69, 9.17) is 5.11 Å². The van der Waals surface area contributed by atoms with Crippen LogP contribution in [0.25, 0.3) is 0 Å². The zero-order valence-electron chi connectivity index (χ0n) is 11.5.